The van der Waals surface area contributed by atoms with Gasteiger partial charge in [-0.3, -0.25) is 0 Å². The van der Waals surface area contributed by atoms with E-state index in [-0.39, 0.29) is 0 Å². The molecular weight excluding hydrogens is 156 g/mol. The number of hydrogen-bond donors (Lipinski definition) is 0. The molecule has 1 aromatic rings. The summed E-state index contributed by atoms with van der Waals surface area (Å²) in [6, 6.07) is 7.99. The van der Waals surface area contributed by atoms with Gasteiger partial charge in [-0.15, -0.1) is 6.42 Å². The third-order valence-corrected chi connectivity index (χ3v) is 2.08. The average molecular weight is 170 g/mol. The van der Waals surface area contributed by atoms with Crippen molar-refractivity contribution in [3.8, 4) is 12.3 Å². The van der Waals surface area contributed by atoms with Crippen molar-refractivity contribution >= 4 is 6.08 Å². The molecule has 0 amide bonds. The highest BCUT2D eigenvalue weighted by Crippen LogP contribution is 2.13. The van der Waals surface area contributed by atoms with E-state index in [4.69, 9.17) is 6.42 Å². The average Bonchev–Trinajstić information content (AvgIpc) is 2.18. The molecular formula is C13H14. The van der Waals surface area contributed by atoms with Gasteiger partial charge in [-0.1, -0.05) is 42.7 Å². The summed E-state index contributed by atoms with van der Waals surface area (Å²) in [4.78, 5) is 0. The van der Waals surface area contributed by atoms with Crippen LogP contribution in [0.25, 0.3) is 6.08 Å². The lowest BCUT2D eigenvalue weighted by molar-refractivity contribution is 1.11. The van der Waals surface area contributed by atoms with Gasteiger partial charge in [0.25, 0.3) is 0 Å². The molecule has 0 bridgehead atoms. The van der Waals surface area contributed by atoms with Crippen molar-refractivity contribution in [2.24, 2.45) is 0 Å². The molecule has 1 rings (SSSR count). The van der Waals surface area contributed by atoms with Crippen molar-refractivity contribution in [2.75, 3.05) is 0 Å². The molecule has 0 aliphatic heterocycles. The summed E-state index contributed by atoms with van der Waals surface area (Å²) in [5.41, 5.74) is 3.46. The summed E-state index contributed by atoms with van der Waals surface area (Å²) < 4.78 is 0. The van der Waals surface area contributed by atoms with Gasteiger partial charge in [-0.25, -0.2) is 0 Å². The normalized spacial score (nSPS) is 11.0. The third-order valence-electron chi connectivity index (χ3n) is 2.08. The van der Waals surface area contributed by atoms with Crippen LogP contribution in [0.3, 0.4) is 0 Å². The van der Waals surface area contributed by atoms with Crippen LogP contribution < -0.4 is 0 Å². The molecule has 0 atom stereocenters. The minimum atomic E-state index is 0.968. The molecule has 0 aromatic heterocycles. The van der Waals surface area contributed by atoms with Gasteiger partial charge in [0.2, 0.25) is 0 Å². The lowest BCUT2D eigenvalue weighted by Crippen LogP contribution is -1.81. The van der Waals surface area contributed by atoms with Gasteiger partial charge in [0.05, 0.1) is 0 Å². The summed E-state index contributed by atoms with van der Waals surface area (Å²) in [5, 5.41) is 0. The van der Waals surface area contributed by atoms with Gasteiger partial charge >= 0.3 is 0 Å². The predicted molar refractivity (Wildman–Crippen MR) is 58.3 cm³/mol. The second kappa shape index (κ2) is 4.52. The van der Waals surface area contributed by atoms with Gasteiger partial charge in [0.15, 0.2) is 0 Å². The fraction of sp³-hybridized carbons (Fsp3) is 0.231. The predicted octanol–water partition coefficient (Wildman–Crippen LogP) is 3.48. The maximum absolute atomic E-state index is 5.39. The molecule has 0 heteroatoms. The minimum absolute atomic E-state index is 0.968. The van der Waals surface area contributed by atoms with Crippen LogP contribution in [0.5, 0.6) is 0 Å². The number of hydrogen-bond acceptors (Lipinski definition) is 0. The second-order valence-corrected chi connectivity index (χ2v) is 3.08. The smallest absolute Gasteiger partial charge is 0.0314 e. The highest BCUT2D eigenvalue weighted by molar-refractivity contribution is 5.60. The molecule has 0 spiro atoms. The molecule has 0 nitrogen and oxygen atoms in total. The van der Waals surface area contributed by atoms with E-state index in [1.165, 1.54) is 5.57 Å². The first kappa shape index (κ1) is 9.61. The Bertz CT molecular complexity index is 351. The summed E-state index contributed by atoms with van der Waals surface area (Å²) in [6.07, 6.45) is 8.60. The number of rotatable bonds is 2. The molecule has 0 heterocycles. The van der Waals surface area contributed by atoms with Crippen LogP contribution in [0, 0.1) is 12.3 Å². The molecule has 0 aliphatic carbocycles. The van der Waals surface area contributed by atoms with Gasteiger partial charge < -0.3 is 0 Å². The molecule has 0 saturated heterocycles. The molecule has 0 unspecified atom stereocenters. The van der Waals surface area contributed by atoms with Gasteiger partial charge in [0, 0.05) is 5.56 Å². The van der Waals surface area contributed by atoms with E-state index >= 15 is 0 Å². The number of allylic oxidation sites excluding steroid dienone is 1. The highest BCUT2D eigenvalue weighted by Gasteiger charge is 1.94. The zero-order chi connectivity index (χ0) is 9.68. The largest absolute Gasteiger partial charge is 0.115 e. The lowest BCUT2D eigenvalue weighted by Gasteiger charge is -2.00. The zero-order valence-corrected chi connectivity index (χ0v) is 8.17. The fourth-order valence-corrected chi connectivity index (χ4v) is 1.12. The Hall–Kier alpha value is -1.48. The topological polar surface area (TPSA) is 0 Å². The van der Waals surface area contributed by atoms with Crippen LogP contribution in [-0.4, -0.2) is 0 Å². The van der Waals surface area contributed by atoms with E-state index in [1.807, 2.05) is 24.3 Å². The van der Waals surface area contributed by atoms with E-state index in [0.29, 0.717) is 0 Å². The van der Waals surface area contributed by atoms with Crippen molar-refractivity contribution in [2.45, 2.75) is 20.3 Å². The molecule has 0 aliphatic rings. The van der Waals surface area contributed by atoms with Crippen molar-refractivity contribution in [3.05, 3.63) is 41.0 Å². The number of terminal acetylenes is 1. The van der Waals surface area contributed by atoms with Crippen molar-refractivity contribution in [1.82, 2.24) is 0 Å². The first-order valence-electron chi connectivity index (χ1n) is 4.50. The van der Waals surface area contributed by atoms with Crippen molar-refractivity contribution in [3.63, 3.8) is 0 Å². The Labute approximate surface area is 80.3 Å². The van der Waals surface area contributed by atoms with E-state index in [9.17, 15) is 0 Å². The third kappa shape index (κ3) is 2.49. The zero-order valence-electron chi connectivity index (χ0n) is 8.17. The fourth-order valence-electron chi connectivity index (χ4n) is 1.12. The quantitative estimate of drug-likeness (QED) is 0.596. The Morgan fingerprint density at radius 2 is 2.15 bits per heavy atom. The van der Waals surface area contributed by atoms with Crippen LogP contribution in [-0.2, 0) is 0 Å². The van der Waals surface area contributed by atoms with Crippen molar-refractivity contribution < 1.29 is 0 Å². The molecule has 0 radical (unpaired) electrons. The lowest BCUT2D eigenvalue weighted by atomic mass is 10.0. The first-order valence-corrected chi connectivity index (χ1v) is 4.50. The van der Waals surface area contributed by atoms with Crippen molar-refractivity contribution in [1.29, 1.82) is 0 Å². The summed E-state index contributed by atoms with van der Waals surface area (Å²) in [5.74, 6) is 2.68. The highest BCUT2D eigenvalue weighted by atomic mass is 14.0. The Balaban J connectivity index is 3.09. The van der Waals surface area contributed by atoms with Crippen LogP contribution >= 0.6 is 0 Å². The van der Waals surface area contributed by atoms with Crippen LogP contribution in [0.1, 0.15) is 31.4 Å². The van der Waals surface area contributed by atoms with Gasteiger partial charge in [-0.2, -0.15) is 0 Å². The molecule has 0 fully saturated rings. The van der Waals surface area contributed by atoms with E-state index in [1.54, 1.807) is 0 Å². The number of benzene rings is 1. The van der Waals surface area contributed by atoms with Crippen LogP contribution in [0.4, 0.5) is 0 Å². The molecule has 0 N–H and O–H groups in total. The molecule has 66 valence electrons. The van der Waals surface area contributed by atoms with Crippen LogP contribution in [0.2, 0.25) is 0 Å². The molecule has 0 saturated carbocycles. The Morgan fingerprint density at radius 1 is 1.46 bits per heavy atom. The minimum Gasteiger partial charge on any atom is -0.115 e. The molecule has 13 heavy (non-hydrogen) atoms. The summed E-state index contributed by atoms with van der Waals surface area (Å²) in [6.45, 7) is 4.26. The van der Waals surface area contributed by atoms with Gasteiger partial charge in [0.1, 0.15) is 0 Å². The Kier molecular flexibility index (Phi) is 3.34. The SMILES string of the molecule is C#Cc1ccccc1/C=C(\C)CC. The monoisotopic (exact) mass is 170 g/mol. The molecule has 1 aromatic carbocycles. The second-order valence-electron chi connectivity index (χ2n) is 3.08. The Morgan fingerprint density at radius 3 is 2.77 bits per heavy atom. The van der Waals surface area contributed by atoms with E-state index in [0.717, 1.165) is 17.5 Å². The first-order chi connectivity index (χ1) is 6.27. The van der Waals surface area contributed by atoms with Crippen LogP contribution in [0.15, 0.2) is 29.8 Å². The maximum Gasteiger partial charge on any atom is 0.0314 e. The van der Waals surface area contributed by atoms with E-state index in [2.05, 4.69) is 25.8 Å². The van der Waals surface area contributed by atoms with Gasteiger partial charge in [-0.05, 0) is 25.0 Å². The summed E-state index contributed by atoms with van der Waals surface area (Å²) >= 11 is 0. The standard InChI is InChI=1S/C13H14/c1-4-11(3)10-13-9-7-6-8-12(13)5-2/h2,6-10H,4H2,1,3H3/b11-10+. The summed E-state index contributed by atoms with van der Waals surface area (Å²) in [7, 11) is 0. The van der Waals surface area contributed by atoms with E-state index < -0.39 is 0 Å². The maximum atomic E-state index is 5.39.